The molecule has 0 amide bonds. The van der Waals surface area contributed by atoms with Crippen LogP contribution in [0.5, 0.6) is 0 Å². The van der Waals surface area contributed by atoms with Gasteiger partial charge in [0.05, 0.1) is 6.61 Å². The number of aldehydes is 1. The lowest BCUT2D eigenvalue weighted by molar-refractivity contribution is -0.112. The van der Waals surface area contributed by atoms with Gasteiger partial charge in [0, 0.05) is 5.92 Å². The van der Waals surface area contributed by atoms with Crippen molar-refractivity contribution in [3.05, 3.63) is 0 Å². The first kappa shape index (κ1) is 13.6. The molecule has 0 aromatic carbocycles. The Hall–Kier alpha value is -0.490. The Labute approximate surface area is 95.3 Å². The zero-order valence-corrected chi connectivity index (χ0v) is 9.92. The molecule has 16 heavy (non-hydrogen) atoms. The van der Waals surface area contributed by atoms with Gasteiger partial charge in [-0.1, -0.05) is 0 Å². The van der Waals surface area contributed by atoms with Crippen molar-refractivity contribution in [3.63, 3.8) is 0 Å². The minimum Gasteiger partial charge on any atom is -0.303 e. The van der Waals surface area contributed by atoms with E-state index in [1.165, 1.54) is 0 Å². The lowest BCUT2D eigenvalue weighted by Gasteiger charge is -2.24. The monoisotopic (exact) mass is 252 g/mol. The van der Waals surface area contributed by atoms with Crippen molar-refractivity contribution in [1.29, 1.82) is 0 Å². The van der Waals surface area contributed by atoms with E-state index < -0.39 is 22.5 Å². The van der Waals surface area contributed by atoms with Crippen LogP contribution in [0.25, 0.3) is 0 Å². The quantitative estimate of drug-likeness (QED) is 0.528. The zero-order chi connectivity index (χ0) is 12.0. The van der Waals surface area contributed by atoms with Crippen LogP contribution in [0, 0.1) is 11.8 Å². The van der Waals surface area contributed by atoms with Crippen molar-refractivity contribution in [3.8, 4) is 0 Å². The first-order valence-corrected chi connectivity index (χ1v) is 7.03. The molecule has 1 saturated carbocycles. The van der Waals surface area contributed by atoms with Crippen LogP contribution in [-0.2, 0) is 19.1 Å². The highest BCUT2D eigenvalue weighted by molar-refractivity contribution is 7.86. The van der Waals surface area contributed by atoms with Gasteiger partial charge >= 0.3 is 0 Å². The van der Waals surface area contributed by atoms with E-state index >= 15 is 0 Å². The van der Waals surface area contributed by atoms with E-state index in [0.29, 0.717) is 0 Å². The van der Waals surface area contributed by atoms with Crippen LogP contribution in [0.15, 0.2) is 0 Å². The number of hydrogen-bond acceptors (Lipinski definition) is 4. The van der Waals surface area contributed by atoms with Gasteiger partial charge in [-0.2, -0.15) is 8.42 Å². The highest BCUT2D eigenvalue weighted by Gasteiger charge is 2.22. The summed E-state index contributed by atoms with van der Waals surface area (Å²) in [6.45, 7) is -0.797. The lowest BCUT2D eigenvalue weighted by atomic mass is 9.83. The maximum atomic E-state index is 11.9. The van der Waals surface area contributed by atoms with Gasteiger partial charge in [-0.3, -0.25) is 4.18 Å². The summed E-state index contributed by atoms with van der Waals surface area (Å²) in [6.07, 6.45) is 4.14. The Balaban J connectivity index is 2.27. The number of carbonyl (C=O) groups excluding carboxylic acids is 1. The summed E-state index contributed by atoms with van der Waals surface area (Å²) in [4.78, 5) is 10.5. The molecule has 0 atom stereocenters. The van der Waals surface area contributed by atoms with Crippen LogP contribution in [0.1, 0.15) is 25.7 Å². The second-order valence-electron chi connectivity index (χ2n) is 4.15. The first-order valence-electron chi connectivity index (χ1n) is 5.45. The molecule has 0 unspecified atom stereocenters. The fourth-order valence-corrected chi connectivity index (χ4v) is 2.55. The second kappa shape index (κ2) is 6.30. The van der Waals surface area contributed by atoms with Crippen LogP contribution in [0.2, 0.25) is 0 Å². The molecule has 6 heteroatoms. The van der Waals surface area contributed by atoms with E-state index in [2.05, 4.69) is 0 Å². The van der Waals surface area contributed by atoms with Gasteiger partial charge in [0.1, 0.15) is 18.7 Å². The molecule has 0 bridgehead atoms. The molecule has 4 nitrogen and oxygen atoms in total. The minimum atomic E-state index is -3.69. The number of halogens is 1. The van der Waals surface area contributed by atoms with Crippen molar-refractivity contribution in [2.75, 3.05) is 19.0 Å². The molecule has 0 saturated heterocycles. The van der Waals surface area contributed by atoms with Gasteiger partial charge < -0.3 is 4.79 Å². The molecular formula is C10H17FO4S. The molecule has 0 heterocycles. The lowest BCUT2D eigenvalue weighted by Crippen LogP contribution is -2.22. The van der Waals surface area contributed by atoms with Crippen LogP contribution >= 0.6 is 0 Å². The molecule has 0 aromatic rings. The average Bonchev–Trinajstić information content (AvgIpc) is 2.27. The van der Waals surface area contributed by atoms with Crippen molar-refractivity contribution < 1.29 is 21.8 Å². The van der Waals surface area contributed by atoms with E-state index in [-0.39, 0.29) is 18.4 Å². The summed E-state index contributed by atoms with van der Waals surface area (Å²) < 4.78 is 38.7. The normalized spacial score (nSPS) is 26.6. The third-order valence-electron chi connectivity index (χ3n) is 2.89. The van der Waals surface area contributed by atoms with Crippen molar-refractivity contribution in [1.82, 2.24) is 0 Å². The maximum absolute atomic E-state index is 11.9. The molecule has 1 aliphatic carbocycles. The van der Waals surface area contributed by atoms with Gasteiger partial charge in [-0.05, 0) is 31.6 Å². The zero-order valence-electron chi connectivity index (χ0n) is 9.10. The maximum Gasteiger partial charge on any atom is 0.269 e. The molecule has 94 valence electrons. The van der Waals surface area contributed by atoms with Gasteiger partial charge in [-0.15, -0.1) is 0 Å². The first-order chi connectivity index (χ1) is 7.57. The van der Waals surface area contributed by atoms with Crippen LogP contribution in [0.3, 0.4) is 0 Å². The van der Waals surface area contributed by atoms with E-state index in [1.807, 2.05) is 0 Å². The Kier molecular flexibility index (Phi) is 5.34. The third kappa shape index (κ3) is 4.57. The summed E-state index contributed by atoms with van der Waals surface area (Å²) in [5.41, 5.74) is 0. The standard InChI is InChI=1S/C10H17FO4S/c11-5-6-16(13,14)15-8-10-3-1-9(7-12)2-4-10/h7,9-10H,1-6,8H2. The largest absolute Gasteiger partial charge is 0.303 e. The highest BCUT2D eigenvalue weighted by Crippen LogP contribution is 2.27. The summed E-state index contributed by atoms with van der Waals surface area (Å²) in [6, 6.07) is 0. The van der Waals surface area contributed by atoms with Crippen molar-refractivity contribution in [2.45, 2.75) is 25.7 Å². The number of alkyl halides is 1. The SMILES string of the molecule is O=CC1CCC(COS(=O)(=O)CCF)CC1. The van der Waals surface area contributed by atoms with E-state index in [4.69, 9.17) is 4.18 Å². The van der Waals surface area contributed by atoms with E-state index in [9.17, 15) is 17.6 Å². The van der Waals surface area contributed by atoms with E-state index in [1.54, 1.807) is 0 Å². The Morgan fingerprint density at radius 1 is 1.25 bits per heavy atom. The average molecular weight is 252 g/mol. The fraction of sp³-hybridized carbons (Fsp3) is 0.900. The number of rotatable bonds is 6. The molecule has 1 rings (SSSR count). The molecule has 0 spiro atoms. The third-order valence-corrected chi connectivity index (χ3v) is 4.04. The number of hydrogen-bond donors (Lipinski definition) is 0. The smallest absolute Gasteiger partial charge is 0.269 e. The predicted molar refractivity (Wildman–Crippen MR) is 57.2 cm³/mol. The molecule has 0 aliphatic heterocycles. The molecule has 1 fully saturated rings. The van der Waals surface area contributed by atoms with Gasteiger partial charge in [0.15, 0.2) is 0 Å². The van der Waals surface area contributed by atoms with Crippen LogP contribution in [0.4, 0.5) is 4.39 Å². The minimum absolute atomic E-state index is 0.110. The Morgan fingerprint density at radius 2 is 1.88 bits per heavy atom. The molecule has 0 N–H and O–H groups in total. The van der Waals surface area contributed by atoms with Crippen molar-refractivity contribution in [2.24, 2.45) is 11.8 Å². The van der Waals surface area contributed by atoms with Gasteiger partial charge in [-0.25, -0.2) is 4.39 Å². The highest BCUT2D eigenvalue weighted by atomic mass is 32.2. The van der Waals surface area contributed by atoms with E-state index in [0.717, 1.165) is 32.0 Å². The second-order valence-corrected chi connectivity index (χ2v) is 5.91. The van der Waals surface area contributed by atoms with Crippen LogP contribution in [-0.4, -0.2) is 33.7 Å². The fourth-order valence-electron chi connectivity index (χ4n) is 1.84. The van der Waals surface area contributed by atoms with Gasteiger partial charge in [0.2, 0.25) is 0 Å². The Bertz CT molecular complexity index is 307. The Morgan fingerprint density at radius 3 is 2.38 bits per heavy atom. The summed E-state index contributed by atoms with van der Waals surface area (Å²) in [5.74, 6) is -0.291. The molecule has 0 aromatic heterocycles. The molecule has 0 radical (unpaired) electrons. The predicted octanol–water partition coefficient (Wildman–Crippen LogP) is 1.31. The van der Waals surface area contributed by atoms with Gasteiger partial charge in [0.25, 0.3) is 10.1 Å². The number of carbonyl (C=O) groups is 1. The summed E-state index contributed by atoms with van der Waals surface area (Å²) in [7, 11) is -3.69. The topological polar surface area (TPSA) is 60.4 Å². The van der Waals surface area contributed by atoms with Crippen LogP contribution < -0.4 is 0 Å². The summed E-state index contributed by atoms with van der Waals surface area (Å²) in [5, 5.41) is 0. The summed E-state index contributed by atoms with van der Waals surface area (Å²) >= 11 is 0. The molecular weight excluding hydrogens is 235 g/mol. The van der Waals surface area contributed by atoms with Crippen molar-refractivity contribution >= 4 is 16.4 Å². The molecule has 1 aliphatic rings.